The average Bonchev–Trinajstić information content (AvgIpc) is 2.45. The van der Waals surface area contributed by atoms with Crippen molar-refractivity contribution >= 4 is 5.97 Å². The van der Waals surface area contributed by atoms with Gasteiger partial charge < -0.3 is 24.4 Å². The SMILES string of the molecule is CCOC(=O)CC(O)C(O)c1c(OC)cccc1OC. The Morgan fingerprint density at radius 2 is 1.75 bits per heavy atom. The molecule has 0 aliphatic heterocycles. The van der Waals surface area contributed by atoms with Crippen molar-refractivity contribution in [3.63, 3.8) is 0 Å². The molecule has 6 heteroatoms. The molecule has 0 radical (unpaired) electrons. The van der Waals surface area contributed by atoms with Crippen LogP contribution in [-0.4, -0.2) is 43.1 Å². The molecule has 20 heavy (non-hydrogen) atoms. The summed E-state index contributed by atoms with van der Waals surface area (Å²) in [6.07, 6.45) is -2.93. The summed E-state index contributed by atoms with van der Waals surface area (Å²) in [5.74, 6) is 0.174. The fraction of sp³-hybridized carbons (Fsp3) is 0.500. The van der Waals surface area contributed by atoms with Crippen LogP contribution in [0.15, 0.2) is 18.2 Å². The highest BCUT2D eigenvalue weighted by molar-refractivity contribution is 5.70. The van der Waals surface area contributed by atoms with Crippen LogP contribution in [0, 0.1) is 0 Å². The van der Waals surface area contributed by atoms with E-state index in [0.717, 1.165) is 0 Å². The summed E-state index contributed by atoms with van der Waals surface area (Å²) in [7, 11) is 2.89. The van der Waals surface area contributed by atoms with Crippen LogP contribution in [0.5, 0.6) is 11.5 Å². The van der Waals surface area contributed by atoms with Crippen molar-refractivity contribution in [1.29, 1.82) is 0 Å². The molecule has 0 aliphatic carbocycles. The Labute approximate surface area is 117 Å². The first-order chi connectivity index (χ1) is 9.54. The molecule has 2 atom stereocenters. The largest absolute Gasteiger partial charge is 0.496 e. The van der Waals surface area contributed by atoms with Crippen molar-refractivity contribution < 1.29 is 29.2 Å². The predicted molar refractivity (Wildman–Crippen MR) is 71.8 cm³/mol. The van der Waals surface area contributed by atoms with E-state index in [1.807, 2.05) is 0 Å². The Morgan fingerprint density at radius 3 is 2.20 bits per heavy atom. The molecular formula is C14H20O6. The summed E-state index contributed by atoms with van der Waals surface area (Å²) in [6.45, 7) is 1.89. The zero-order chi connectivity index (χ0) is 15.1. The Kier molecular flexibility index (Phi) is 6.27. The third-order valence-corrected chi connectivity index (χ3v) is 2.81. The van der Waals surface area contributed by atoms with E-state index in [4.69, 9.17) is 14.2 Å². The smallest absolute Gasteiger partial charge is 0.308 e. The van der Waals surface area contributed by atoms with Gasteiger partial charge in [-0.15, -0.1) is 0 Å². The fourth-order valence-electron chi connectivity index (χ4n) is 1.87. The molecule has 1 aromatic carbocycles. The van der Waals surface area contributed by atoms with Crippen LogP contribution < -0.4 is 9.47 Å². The molecule has 1 aromatic rings. The Bertz CT molecular complexity index is 423. The second kappa shape index (κ2) is 7.72. The average molecular weight is 284 g/mol. The molecular weight excluding hydrogens is 264 g/mol. The van der Waals surface area contributed by atoms with Crippen LogP contribution in [0.25, 0.3) is 0 Å². The van der Waals surface area contributed by atoms with E-state index in [0.29, 0.717) is 17.1 Å². The van der Waals surface area contributed by atoms with Crippen molar-refractivity contribution in [2.24, 2.45) is 0 Å². The molecule has 6 nitrogen and oxygen atoms in total. The normalized spacial score (nSPS) is 13.4. The van der Waals surface area contributed by atoms with Crippen LogP contribution in [0.2, 0.25) is 0 Å². The lowest BCUT2D eigenvalue weighted by Gasteiger charge is -2.21. The first kappa shape index (κ1) is 16.3. The molecule has 2 N–H and O–H groups in total. The number of methoxy groups -OCH3 is 2. The van der Waals surface area contributed by atoms with E-state index in [1.54, 1.807) is 25.1 Å². The van der Waals surface area contributed by atoms with Gasteiger partial charge in [0.15, 0.2) is 0 Å². The van der Waals surface area contributed by atoms with E-state index in [-0.39, 0.29) is 13.0 Å². The summed E-state index contributed by atoms with van der Waals surface area (Å²) in [4.78, 5) is 11.3. The maximum atomic E-state index is 11.3. The predicted octanol–water partition coefficient (Wildman–Crippen LogP) is 1.05. The molecule has 0 spiro atoms. The topological polar surface area (TPSA) is 85.2 Å². The minimum absolute atomic E-state index is 0.222. The first-order valence-electron chi connectivity index (χ1n) is 6.27. The van der Waals surface area contributed by atoms with Gasteiger partial charge in [0.2, 0.25) is 0 Å². The third kappa shape index (κ3) is 3.85. The van der Waals surface area contributed by atoms with Gasteiger partial charge in [-0.05, 0) is 19.1 Å². The van der Waals surface area contributed by atoms with Gasteiger partial charge in [0.05, 0.1) is 38.9 Å². The van der Waals surface area contributed by atoms with Gasteiger partial charge in [0.25, 0.3) is 0 Å². The maximum Gasteiger partial charge on any atom is 0.308 e. The Hall–Kier alpha value is -1.79. The van der Waals surface area contributed by atoms with Crippen molar-refractivity contribution in [1.82, 2.24) is 0 Å². The molecule has 0 fully saturated rings. The monoisotopic (exact) mass is 284 g/mol. The number of carbonyl (C=O) groups is 1. The Morgan fingerprint density at radius 1 is 1.20 bits per heavy atom. The number of aliphatic hydroxyl groups is 2. The van der Waals surface area contributed by atoms with E-state index >= 15 is 0 Å². The number of carbonyl (C=O) groups excluding carboxylic acids is 1. The number of ether oxygens (including phenoxy) is 3. The quantitative estimate of drug-likeness (QED) is 0.728. The molecule has 0 bridgehead atoms. The molecule has 1 rings (SSSR count). The molecule has 0 aromatic heterocycles. The van der Waals surface area contributed by atoms with Gasteiger partial charge in [-0.3, -0.25) is 4.79 Å². The molecule has 0 aliphatic rings. The zero-order valence-electron chi connectivity index (χ0n) is 11.8. The summed E-state index contributed by atoms with van der Waals surface area (Å²) < 4.78 is 15.0. The van der Waals surface area contributed by atoms with Gasteiger partial charge in [0, 0.05) is 0 Å². The zero-order valence-corrected chi connectivity index (χ0v) is 11.8. The van der Waals surface area contributed by atoms with E-state index in [9.17, 15) is 15.0 Å². The van der Waals surface area contributed by atoms with Gasteiger partial charge in [-0.25, -0.2) is 0 Å². The molecule has 0 saturated carbocycles. The number of aliphatic hydroxyl groups excluding tert-OH is 2. The summed E-state index contributed by atoms with van der Waals surface area (Å²) in [5, 5.41) is 20.2. The van der Waals surface area contributed by atoms with Crippen LogP contribution in [0.4, 0.5) is 0 Å². The molecule has 0 saturated heterocycles. The highest BCUT2D eigenvalue weighted by Gasteiger charge is 2.27. The summed E-state index contributed by atoms with van der Waals surface area (Å²) >= 11 is 0. The Balaban J connectivity index is 2.95. The van der Waals surface area contributed by atoms with Crippen LogP contribution >= 0.6 is 0 Å². The standard InChI is InChI=1S/C14H20O6/c1-4-20-12(16)8-9(15)14(17)13-10(18-2)6-5-7-11(13)19-3/h5-7,9,14-15,17H,4,8H2,1-3H3. The lowest BCUT2D eigenvalue weighted by Crippen LogP contribution is -2.24. The lowest BCUT2D eigenvalue weighted by atomic mass is 10.00. The number of benzene rings is 1. The first-order valence-corrected chi connectivity index (χ1v) is 6.27. The lowest BCUT2D eigenvalue weighted by molar-refractivity contribution is -0.147. The highest BCUT2D eigenvalue weighted by Crippen LogP contribution is 2.36. The van der Waals surface area contributed by atoms with Gasteiger partial charge >= 0.3 is 5.97 Å². The maximum absolute atomic E-state index is 11.3. The number of esters is 1. The third-order valence-electron chi connectivity index (χ3n) is 2.81. The molecule has 0 heterocycles. The van der Waals surface area contributed by atoms with E-state index < -0.39 is 18.2 Å². The van der Waals surface area contributed by atoms with E-state index in [1.165, 1.54) is 14.2 Å². The summed E-state index contributed by atoms with van der Waals surface area (Å²) in [6, 6.07) is 4.97. The minimum Gasteiger partial charge on any atom is -0.496 e. The van der Waals surface area contributed by atoms with Crippen molar-refractivity contribution in [3.8, 4) is 11.5 Å². The highest BCUT2D eigenvalue weighted by atomic mass is 16.5. The van der Waals surface area contributed by atoms with Crippen LogP contribution in [-0.2, 0) is 9.53 Å². The minimum atomic E-state index is -1.31. The van der Waals surface area contributed by atoms with Gasteiger partial charge in [0.1, 0.15) is 17.6 Å². The van der Waals surface area contributed by atoms with Gasteiger partial charge in [-0.2, -0.15) is 0 Å². The summed E-state index contributed by atoms with van der Waals surface area (Å²) in [5.41, 5.74) is 0.300. The fourth-order valence-corrected chi connectivity index (χ4v) is 1.87. The second-order valence-electron chi connectivity index (χ2n) is 4.10. The van der Waals surface area contributed by atoms with Crippen molar-refractivity contribution in [3.05, 3.63) is 23.8 Å². The molecule has 112 valence electrons. The number of rotatable bonds is 7. The van der Waals surface area contributed by atoms with E-state index in [2.05, 4.69) is 0 Å². The second-order valence-corrected chi connectivity index (χ2v) is 4.10. The van der Waals surface area contributed by atoms with Crippen LogP contribution in [0.1, 0.15) is 25.0 Å². The van der Waals surface area contributed by atoms with Crippen LogP contribution in [0.3, 0.4) is 0 Å². The van der Waals surface area contributed by atoms with Gasteiger partial charge in [-0.1, -0.05) is 6.07 Å². The number of hydrogen-bond acceptors (Lipinski definition) is 6. The van der Waals surface area contributed by atoms with Crippen molar-refractivity contribution in [2.45, 2.75) is 25.6 Å². The molecule has 0 amide bonds. The number of hydrogen-bond donors (Lipinski definition) is 2. The molecule has 2 unspecified atom stereocenters. The van der Waals surface area contributed by atoms with Crippen molar-refractivity contribution in [2.75, 3.05) is 20.8 Å².